The number of aromatic nitrogens is 1. The quantitative estimate of drug-likeness (QED) is 0.691. The molecule has 7 heteroatoms. The molecule has 0 bridgehead atoms. The molecule has 1 saturated heterocycles. The zero-order valence-electron chi connectivity index (χ0n) is 10.2. The van der Waals surface area contributed by atoms with Gasteiger partial charge in [-0.05, 0) is 6.92 Å². The lowest BCUT2D eigenvalue weighted by atomic mass is 10.2. The Morgan fingerprint density at radius 3 is 2.94 bits per heavy atom. The van der Waals surface area contributed by atoms with Gasteiger partial charge in [0, 0.05) is 6.54 Å². The van der Waals surface area contributed by atoms with Gasteiger partial charge in [-0.15, -0.1) is 0 Å². The first-order valence-electron chi connectivity index (χ1n) is 5.51. The van der Waals surface area contributed by atoms with Gasteiger partial charge in [0.2, 0.25) is 5.76 Å². The van der Waals surface area contributed by atoms with E-state index in [1.807, 2.05) is 0 Å². The summed E-state index contributed by atoms with van der Waals surface area (Å²) in [6.07, 6.45) is 1.20. The van der Waals surface area contributed by atoms with Crippen molar-refractivity contribution in [3.8, 4) is 0 Å². The van der Waals surface area contributed by atoms with E-state index in [4.69, 9.17) is 9.15 Å². The van der Waals surface area contributed by atoms with E-state index in [1.165, 1.54) is 18.4 Å². The average molecular weight is 254 g/mol. The van der Waals surface area contributed by atoms with Crippen LogP contribution in [0.5, 0.6) is 0 Å². The Labute approximate surface area is 104 Å². The van der Waals surface area contributed by atoms with Crippen molar-refractivity contribution in [2.24, 2.45) is 0 Å². The summed E-state index contributed by atoms with van der Waals surface area (Å²) in [7, 11) is 1.28. The van der Waals surface area contributed by atoms with Crippen LogP contribution >= 0.6 is 0 Å². The number of oxazole rings is 1. The third-order valence-electron chi connectivity index (χ3n) is 2.80. The Kier molecular flexibility index (Phi) is 3.61. The van der Waals surface area contributed by atoms with E-state index in [9.17, 15) is 9.59 Å². The minimum absolute atomic E-state index is 0.131. The lowest BCUT2D eigenvalue weighted by Crippen LogP contribution is -2.53. The van der Waals surface area contributed by atoms with Crippen molar-refractivity contribution >= 4 is 11.9 Å². The second kappa shape index (κ2) is 5.18. The summed E-state index contributed by atoms with van der Waals surface area (Å²) in [6, 6.07) is -0.735. The lowest BCUT2D eigenvalue weighted by Gasteiger charge is -2.32. The fraction of sp³-hybridized carbons (Fsp3) is 0.545. The number of ether oxygens (including phenoxy) is 2. The van der Waals surface area contributed by atoms with Crippen molar-refractivity contribution in [2.45, 2.75) is 13.0 Å². The van der Waals surface area contributed by atoms with Crippen molar-refractivity contribution < 1.29 is 23.5 Å². The van der Waals surface area contributed by atoms with Crippen LogP contribution in [0.3, 0.4) is 0 Å². The number of carbonyl (C=O) groups excluding carboxylic acids is 2. The Bertz CT molecular complexity index is 456. The molecule has 0 saturated carbocycles. The molecule has 1 amide bonds. The largest absolute Gasteiger partial charge is 0.467 e. The van der Waals surface area contributed by atoms with Crippen molar-refractivity contribution in [3.63, 3.8) is 0 Å². The maximum absolute atomic E-state index is 12.2. The summed E-state index contributed by atoms with van der Waals surface area (Å²) < 4.78 is 14.9. The smallest absolute Gasteiger partial charge is 0.331 e. The lowest BCUT2D eigenvalue weighted by molar-refractivity contribution is -0.151. The Morgan fingerprint density at radius 1 is 1.56 bits per heavy atom. The minimum atomic E-state index is -0.735. The van der Waals surface area contributed by atoms with Crippen LogP contribution in [0.1, 0.15) is 16.2 Å². The molecule has 1 aromatic heterocycles. The number of amides is 1. The highest BCUT2D eigenvalue weighted by molar-refractivity contribution is 5.95. The predicted molar refractivity (Wildman–Crippen MR) is 58.9 cm³/mol. The molecular weight excluding hydrogens is 240 g/mol. The normalized spacial score (nSPS) is 19.7. The van der Waals surface area contributed by atoms with Crippen LogP contribution in [-0.2, 0) is 14.3 Å². The summed E-state index contributed by atoms with van der Waals surface area (Å²) in [4.78, 5) is 29.1. The van der Waals surface area contributed by atoms with Crippen molar-refractivity contribution in [3.05, 3.63) is 17.8 Å². The molecule has 1 aromatic rings. The molecule has 7 nitrogen and oxygen atoms in total. The second-order valence-electron chi connectivity index (χ2n) is 3.88. The average Bonchev–Trinajstić information content (AvgIpc) is 2.83. The van der Waals surface area contributed by atoms with Gasteiger partial charge in [0.25, 0.3) is 5.91 Å². The first-order chi connectivity index (χ1) is 8.65. The predicted octanol–water partition coefficient (Wildman–Crippen LogP) is -0.00298. The molecule has 1 aliphatic heterocycles. The highest BCUT2D eigenvalue weighted by atomic mass is 16.5. The zero-order chi connectivity index (χ0) is 13.1. The van der Waals surface area contributed by atoms with Gasteiger partial charge in [-0.3, -0.25) is 4.79 Å². The Balaban J connectivity index is 2.21. The van der Waals surface area contributed by atoms with Gasteiger partial charge in [0.05, 0.1) is 26.0 Å². The van der Waals surface area contributed by atoms with Gasteiger partial charge in [-0.1, -0.05) is 0 Å². The standard InChI is InChI=1S/C11H14N2O5/c1-7-9(18-6-12-7)10(14)13-3-4-17-5-8(13)11(15)16-2/h6,8H,3-5H2,1-2H3. The molecule has 1 atom stereocenters. The van der Waals surface area contributed by atoms with Crippen LogP contribution in [0.2, 0.25) is 0 Å². The molecule has 1 unspecified atom stereocenters. The molecule has 2 rings (SSSR count). The monoisotopic (exact) mass is 254 g/mol. The molecule has 0 spiro atoms. The summed E-state index contributed by atoms with van der Waals surface area (Å²) in [5.41, 5.74) is 0.495. The number of methoxy groups -OCH3 is 1. The molecule has 1 fully saturated rings. The molecule has 0 aromatic carbocycles. The van der Waals surface area contributed by atoms with E-state index in [1.54, 1.807) is 6.92 Å². The number of aryl methyl sites for hydroxylation is 1. The second-order valence-corrected chi connectivity index (χ2v) is 3.88. The van der Waals surface area contributed by atoms with Gasteiger partial charge in [-0.25, -0.2) is 9.78 Å². The number of hydrogen-bond acceptors (Lipinski definition) is 6. The van der Waals surface area contributed by atoms with Gasteiger partial charge in [0.15, 0.2) is 12.4 Å². The van der Waals surface area contributed by atoms with E-state index < -0.39 is 12.0 Å². The van der Waals surface area contributed by atoms with Crippen molar-refractivity contribution in [2.75, 3.05) is 26.9 Å². The first-order valence-corrected chi connectivity index (χ1v) is 5.51. The van der Waals surface area contributed by atoms with E-state index in [2.05, 4.69) is 9.72 Å². The van der Waals surface area contributed by atoms with E-state index in [-0.39, 0.29) is 18.3 Å². The molecular formula is C11H14N2O5. The van der Waals surface area contributed by atoms with E-state index >= 15 is 0 Å². The van der Waals surface area contributed by atoms with Crippen LogP contribution in [0.15, 0.2) is 10.8 Å². The fourth-order valence-corrected chi connectivity index (χ4v) is 1.82. The molecule has 0 aliphatic carbocycles. The number of carbonyl (C=O) groups is 2. The van der Waals surface area contributed by atoms with Crippen molar-refractivity contribution in [1.82, 2.24) is 9.88 Å². The third-order valence-corrected chi connectivity index (χ3v) is 2.80. The number of hydrogen-bond donors (Lipinski definition) is 0. The maximum Gasteiger partial charge on any atom is 0.331 e. The van der Waals surface area contributed by atoms with Gasteiger partial charge < -0.3 is 18.8 Å². The molecule has 0 radical (unpaired) electrons. The van der Waals surface area contributed by atoms with Crippen LogP contribution in [0.4, 0.5) is 0 Å². The molecule has 1 aliphatic rings. The van der Waals surface area contributed by atoms with Gasteiger partial charge in [-0.2, -0.15) is 0 Å². The summed E-state index contributed by atoms with van der Waals surface area (Å²) in [5.74, 6) is -0.727. The third kappa shape index (κ3) is 2.21. The maximum atomic E-state index is 12.2. The van der Waals surface area contributed by atoms with Crippen molar-refractivity contribution in [1.29, 1.82) is 0 Å². The van der Waals surface area contributed by atoms with E-state index in [0.717, 1.165) is 0 Å². The van der Waals surface area contributed by atoms with Crippen LogP contribution in [0, 0.1) is 6.92 Å². The Hall–Kier alpha value is -1.89. The summed E-state index contributed by atoms with van der Waals surface area (Å²) in [6.45, 7) is 2.50. The van der Waals surface area contributed by atoms with Gasteiger partial charge in [0.1, 0.15) is 0 Å². The summed E-state index contributed by atoms with van der Waals surface area (Å²) >= 11 is 0. The topological polar surface area (TPSA) is 81.9 Å². The van der Waals surface area contributed by atoms with Crippen LogP contribution < -0.4 is 0 Å². The molecule has 0 N–H and O–H groups in total. The minimum Gasteiger partial charge on any atom is -0.467 e. The van der Waals surface area contributed by atoms with Crippen LogP contribution in [0.25, 0.3) is 0 Å². The number of morpholine rings is 1. The Morgan fingerprint density at radius 2 is 2.33 bits per heavy atom. The summed E-state index contributed by atoms with van der Waals surface area (Å²) in [5, 5.41) is 0. The molecule has 98 valence electrons. The zero-order valence-corrected chi connectivity index (χ0v) is 10.2. The van der Waals surface area contributed by atoms with Gasteiger partial charge >= 0.3 is 5.97 Å². The molecule has 18 heavy (non-hydrogen) atoms. The van der Waals surface area contributed by atoms with Crippen LogP contribution in [-0.4, -0.2) is 54.7 Å². The fourth-order valence-electron chi connectivity index (χ4n) is 1.82. The first kappa shape index (κ1) is 12.6. The number of nitrogens with zero attached hydrogens (tertiary/aromatic N) is 2. The van der Waals surface area contributed by atoms with E-state index in [0.29, 0.717) is 18.8 Å². The SMILES string of the molecule is COC(=O)C1COCCN1C(=O)c1ocnc1C. The highest BCUT2D eigenvalue weighted by Crippen LogP contribution is 2.15. The highest BCUT2D eigenvalue weighted by Gasteiger charge is 2.35. The number of rotatable bonds is 2. The number of esters is 1. The molecule has 2 heterocycles.